The molecule has 1 heterocycles. The molecule has 1 atom stereocenters. The minimum atomic E-state index is -0.514. The van der Waals surface area contributed by atoms with Crippen LogP contribution in [0.3, 0.4) is 0 Å². The van der Waals surface area contributed by atoms with Crippen molar-refractivity contribution in [3.63, 3.8) is 0 Å². The molecule has 5 nitrogen and oxygen atoms in total. The summed E-state index contributed by atoms with van der Waals surface area (Å²) < 4.78 is 5.16. The van der Waals surface area contributed by atoms with Crippen LogP contribution in [-0.4, -0.2) is 61.9 Å². The zero-order valence-electron chi connectivity index (χ0n) is 7.53. The van der Waals surface area contributed by atoms with Crippen LogP contribution in [0.1, 0.15) is 0 Å². The van der Waals surface area contributed by atoms with Crippen LogP contribution >= 0.6 is 0 Å². The second-order valence-electron chi connectivity index (χ2n) is 3.05. The standard InChI is InChI=1S/C8H15N2O3/c11-7-9-5-8(12)6-10-1-3-13-4-2-10/h8,12H,1-6H2,(H,9,11). The second-order valence-corrected chi connectivity index (χ2v) is 3.05. The number of morpholine rings is 1. The maximum absolute atomic E-state index is 9.82. The average molecular weight is 187 g/mol. The molecule has 0 spiro atoms. The van der Waals surface area contributed by atoms with E-state index < -0.39 is 6.10 Å². The normalized spacial score (nSPS) is 21.0. The Morgan fingerprint density at radius 2 is 2.23 bits per heavy atom. The Labute approximate surface area is 77.7 Å². The van der Waals surface area contributed by atoms with Gasteiger partial charge in [-0.05, 0) is 0 Å². The number of amides is 1. The molecule has 1 aliphatic heterocycles. The number of hydrogen-bond donors (Lipinski definition) is 2. The maximum Gasteiger partial charge on any atom is 0.309 e. The van der Waals surface area contributed by atoms with Gasteiger partial charge in [-0.1, -0.05) is 0 Å². The molecule has 0 saturated carbocycles. The van der Waals surface area contributed by atoms with Gasteiger partial charge in [-0.3, -0.25) is 9.69 Å². The van der Waals surface area contributed by atoms with Gasteiger partial charge < -0.3 is 15.2 Å². The van der Waals surface area contributed by atoms with Crippen LogP contribution in [0.25, 0.3) is 0 Å². The van der Waals surface area contributed by atoms with E-state index >= 15 is 0 Å². The minimum Gasteiger partial charge on any atom is -0.390 e. The minimum absolute atomic E-state index is 0.265. The van der Waals surface area contributed by atoms with Gasteiger partial charge >= 0.3 is 6.41 Å². The number of β-amino-alcohol motifs (C(OH)–C–C–N with tert-alkyl or cyclic N) is 1. The monoisotopic (exact) mass is 187 g/mol. The van der Waals surface area contributed by atoms with Crippen LogP contribution in [0.15, 0.2) is 0 Å². The van der Waals surface area contributed by atoms with E-state index in [1.807, 2.05) is 0 Å². The largest absolute Gasteiger partial charge is 0.390 e. The van der Waals surface area contributed by atoms with E-state index in [4.69, 9.17) is 4.74 Å². The summed E-state index contributed by atoms with van der Waals surface area (Å²) in [6, 6.07) is 0. The predicted molar refractivity (Wildman–Crippen MR) is 47.0 cm³/mol. The highest BCUT2D eigenvalue weighted by Crippen LogP contribution is 1.97. The molecule has 13 heavy (non-hydrogen) atoms. The fourth-order valence-corrected chi connectivity index (χ4v) is 1.31. The number of ether oxygens (including phenoxy) is 1. The van der Waals surface area contributed by atoms with Crippen molar-refractivity contribution >= 4 is 6.41 Å². The quantitative estimate of drug-likeness (QED) is 0.505. The molecule has 1 fully saturated rings. The van der Waals surface area contributed by atoms with Gasteiger partial charge in [0, 0.05) is 26.2 Å². The molecular weight excluding hydrogens is 172 g/mol. The number of aliphatic hydroxyl groups is 1. The molecule has 0 aliphatic carbocycles. The van der Waals surface area contributed by atoms with Crippen molar-refractivity contribution in [2.75, 3.05) is 39.4 Å². The van der Waals surface area contributed by atoms with E-state index in [0.29, 0.717) is 6.54 Å². The van der Waals surface area contributed by atoms with Gasteiger partial charge in [-0.15, -0.1) is 0 Å². The Morgan fingerprint density at radius 3 is 2.85 bits per heavy atom. The van der Waals surface area contributed by atoms with Gasteiger partial charge in [0.05, 0.1) is 19.3 Å². The molecule has 1 aliphatic rings. The molecule has 1 rings (SSSR count). The van der Waals surface area contributed by atoms with Crippen molar-refractivity contribution in [1.29, 1.82) is 0 Å². The van der Waals surface area contributed by atoms with Crippen LogP contribution in [0, 0.1) is 0 Å². The number of nitrogens with zero attached hydrogens (tertiary/aromatic N) is 1. The average Bonchev–Trinajstić information content (AvgIpc) is 2.16. The van der Waals surface area contributed by atoms with Gasteiger partial charge in [-0.25, -0.2) is 0 Å². The number of carbonyl (C=O) groups excluding carboxylic acids is 1. The number of hydrogen-bond acceptors (Lipinski definition) is 4. The van der Waals surface area contributed by atoms with E-state index in [1.54, 1.807) is 0 Å². The lowest BCUT2D eigenvalue weighted by atomic mass is 10.3. The summed E-state index contributed by atoms with van der Waals surface area (Å²) in [5.41, 5.74) is 0. The van der Waals surface area contributed by atoms with Crippen LogP contribution in [0.4, 0.5) is 0 Å². The molecule has 75 valence electrons. The summed E-state index contributed by atoms with van der Waals surface area (Å²) in [6.07, 6.45) is 1.02. The first kappa shape index (κ1) is 10.4. The summed E-state index contributed by atoms with van der Waals surface area (Å²) in [4.78, 5) is 11.9. The fourth-order valence-electron chi connectivity index (χ4n) is 1.31. The Bertz CT molecular complexity index is 148. The number of rotatable bonds is 5. The van der Waals surface area contributed by atoms with Gasteiger partial charge in [-0.2, -0.15) is 0 Å². The molecule has 1 radical (unpaired) electrons. The lowest BCUT2D eigenvalue weighted by Crippen LogP contribution is -2.43. The summed E-state index contributed by atoms with van der Waals surface area (Å²) in [7, 11) is 0. The lowest BCUT2D eigenvalue weighted by molar-refractivity contribution is 0.0156. The first-order valence-electron chi connectivity index (χ1n) is 4.41. The molecule has 1 unspecified atom stereocenters. The van der Waals surface area contributed by atoms with Gasteiger partial charge in [0.2, 0.25) is 0 Å². The molecule has 0 aromatic rings. The van der Waals surface area contributed by atoms with Crippen molar-refractivity contribution in [3.05, 3.63) is 0 Å². The highest BCUT2D eigenvalue weighted by Gasteiger charge is 2.14. The molecule has 1 saturated heterocycles. The van der Waals surface area contributed by atoms with Crippen molar-refractivity contribution in [1.82, 2.24) is 10.2 Å². The summed E-state index contributed by atoms with van der Waals surface area (Å²) >= 11 is 0. The van der Waals surface area contributed by atoms with Crippen LogP contribution in [-0.2, 0) is 9.53 Å². The third-order valence-electron chi connectivity index (χ3n) is 1.98. The summed E-state index contributed by atoms with van der Waals surface area (Å²) in [5, 5.41) is 11.7. The smallest absolute Gasteiger partial charge is 0.309 e. The van der Waals surface area contributed by atoms with E-state index in [2.05, 4.69) is 10.2 Å². The Morgan fingerprint density at radius 1 is 1.54 bits per heavy atom. The summed E-state index contributed by atoms with van der Waals surface area (Å²) in [6.45, 7) is 3.99. The third-order valence-corrected chi connectivity index (χ3v) is 1.98. The van der Waals surface area contributed by atoms with Crippen LogP contribution in [0.5, 0.6) is 0 Å². The Hall–Kier alpha value is -0.650. The molecule has 0 aromatic heterocycles. The molecule has 5 heteroatoms. The van der Waals surface area contributed by atoms with E-state index in [9.17, 15) is 9.90 Å². The summed E-state index contributed by atoms with van der Waals surface area (Å²) in [5.74, 6) is 0. The molecule has 2 N–H and O–H groups in total. The fraction of sp³-hybridized carbons (Fsp3) is 0.875. The van der Waals surface area contributed by atoms with E-state index in [-0.39, 0.29) is 6.54 Å². The molecule has 1 amide bonds. The van der Waals surface area contributed by atoms with Crippen molar-refractivity contribution in [3.8, 4) is 0 Å². The maximum atomic E-state index is 9.82. The molecule has 0 aromatic carbocycles. The highest BCUT2D eigenvalue weighted by atomic mass is 16.5. The molecular formula is C8H15N2O3. The SMILES string of the molecule is O=[C]NCC(O)CN1CCOCC1. The zero-order valence-corrected chi connectivity index (χ0v) is 7.53. The second kappa shape index (κ2) is 5.90. The van der Waals surface area contributed by atoms with Crippen molar-refractivity contribution in [2.45, 2.75) is 6.10 Å². The van der Waals surface area contributed by atoms with Gasteiger partial charge in [0.15, 0.2) is 0 Å². The number of nitrogens with one attached hydrogen (secondary N) is 1. The topological polar surface area (TPSA) is 61.8 Å². The third kappa shape index (κ3) is 4.21. The van der Waals surface area contributed by atoms with Crippen molar-refractivity contribution in [2.24, 2.45) is 0 Å². The first-order chi connectivity index (χ1) is 6.33. The lowest BCUT2D eigenvalue weighted by Gasteiger charge is -2.28. The molecule has 0 bridgehead atoms. The first-order valence-corrected chi connectivity index (χ1v) is 4.41. The van der Waals surface area contributed by atoms with Crippen LogP contribution in [0.2, 0.25) is 0 Å². The zero-order chi connectivity index (χ0) is 9.52. The Balaban J connectivity index is 2.10. The van der Waals surface area contributed by atoms with E-state index in [0.717, 1.165) is 26.3 Å². The van der Waals surface area contributed by atoms with Crippen LogP contribution < -0.4 is 5.32 Å². The number of aliphatic hydroxyl groups excluding tert-OH is 1. The van der Waals surface area contributed by atoms with Gasteiger partial charge in [0.1, 0.15) is 0 Å². The Kier molecular flexibility index (Phi) is 4.74. The van der Waals surface area contributed by atoms with Crippen molar-refractivity contribution < 1.29 is 14.6 Å². The predicted octanol–water partition coefficient (Wildman–Crippen LogP) is -1.66. The highest BCUT2D eigenvalue weighted by molar-refractivity contribution is 5.46. The van der Waals surface area contributed by atoms with Gasteiger partial charge in [0.25, 0.3) is 0 Å². The van der Waals surface area contributed by atoms with E-state index in [1.165, 1.54) is 6.41 Å².